The zero-order chi connectivity index (χ0) is 16.5. The molecule has 24 heavy (non-hydrogen) atoms. The van der Waals surface area contributed by atoms with E-state index in [1.807, 2.05) is 23.5 Å². The molecule has 0 aliphatic rings. The van der Waals surface area contributed by atoms with Crippen LogP contribution in [0.2, 0.25) is 0 Å². The first-order chi connectivity index (χ1) is 11.9. The van der Waals surface area contributed by atoms with Crippen molar-refractivity contribution >= 4 is 23.5 Å². The first-order valence-corrected chi connectivity index (χ1v) is 9.73. The molecule has 3 aromatic rings. The Kier molecular flexibility index (Phi) is 6.64. The number of benzene rings is 3. The van der Waals surface area contributed by atoms with Crippen molar-refractivity contribution in [1.29, 1.82) is 0 Å². The lowest BCUT2D eigenvalue weighted by Gasteiger charge is -2.08. The van der Waals surface area contributed by atoms with Crippen molar-refractivity contribution < 1.29 is 0 Å². The molecule has 0 saturated carbocycles. The van der Waals surface area contributed by atoms with Crippen LogP contribution in [0.1, 0.15) is 12.0 Å². The molecule has 0 heterocycles. The maximum Gasteiger partial charge on any atom is 0.0459 e. The summed E-state index contributed by atoms with van der Waals surface area (Å²) >= 11 is 3.69. The molecule has 0 N–H and O–H groups in total. The molecule has 3 rings (SSSR count). The molecule has 0 unspecified atom stereocenters. The van der Waals surface area contributed by atoms with Gasteiger partial charge in [-0.2, -0.15) is 0 Å². The molecule has 0 saturated heterocycles. The highest BCUT2D eigenvalue weighted by molar-refractivity contribution is 8.22. The van der Waals surface area contributed by atoms with Crippen LogP contribution in [-0.4, -0.2) is 0 Å². The highest BCUT2D eigenvalue weighted by atomic mass is 32.2. The van der Waals surface area contributed by atoms with Gasteiger partial charge in [0.05, 0.1) is 0 Å². The van der Waals surface area contributed by atoms with Crippen LogP contribution in [0.15, 0.2) is 111 Å². The first kappa shape index (κ1) is 16.9. The second kappa shape index (κ2) is 9.41. The molecule has 0 bridgehead atoms. The van der Waals surface area contributed by atoms with Crippen LogP contribution in [0.4, 0.5) is 0 Å². The number of aryl methyl sites for hydroxylation is 1. The topological polar surface area (TPSA) is 0 Å². The van der Waals surface area contributed by atoms with Gasteiger partial charge in [-0.05, 0) is 42.7 Å². The van der Waals surface area contributed by atoms with Crippen molar-refractivity contribution in [2.45, 2.75) is 22.6 Å². The predicted octanol–water partition coefficient (Wildman–Crippen LogP) is 7.05. The predicted molar refractivity (Wildman–Crippen MR) is 107 cm³/mol. The summed E-state index contributed by atoms with van der Waals surface area (Å²) in [7, 11) is 0. The summed E-state index contributed by atoms with van der Waals surface area (Å²) in [6, 6.07) is 31.9. The van der Waals surface area contributed by atoms with Gasteiger partial charge in [0, 0.05) is 14.0 Å². The Bertz CT molecular complexity index is 706. The fourth-order valence-electron chi connectivity index (χ4n) is 2.31. The van der Waals surface area contributed by atoms with Gasteiger partial charge in [-0.15, -0.1) is 0 Å². The molecule has 3 aromatic carbocycles. The lowest BCUT2D eigenvalue weighted by molar-refractivity contribution is 1.00. The zero-order valence-corrected chi connectivity index (χ0v) is 15.1. The Morgan fingerprint density at radius 2 is 1.08 bits per heavy atom. The summed E-state index contributed by atoms with van der Waals surface area (Å²) in [5, 5.41) is 0. The van der Waals surface area contributed by atoms with Gasteiger partial charge >= 0.3 is 0 Å². The summed E-state index contributed by atoms with van der Waals surface area (Å²) in [4.78, 5) is 2.57. The summed E-state index contributed by atoms with van der Waals surface area (Å²) in [6.07, 6.45) is 4.50. The number of rotatable bonds is 7. The molecule has 0 aliphatic carbocycles. The Hall–Kier alpha value is -1.90. The van der Waals surface area contributed by atoms with Gasteiger partial charge in [-0.25, -0.2) is 0 Å². The monoisotopic (exact) mass is 348 g/mol. The molecule has 0 spiro atoms. The Balaban J connectivity index is 1.69. The lowest BCUT2D eigenvalue weighted by Crippen LogP contribution is -1.83. The number of hydrogen-bond donors (Lipinski definition) is 0. The van der Waals surface area contributed by atoms with Crippen molar-refractivity contribution in [3.05, 3.63) is 107 Å². The first-order valence-electron chi connectivity index (χ1n) is 8.10. The average Bonchev–Trinajstić information content (AvgIpc) is 2.64. The van der Waals surface area contributed by atoms with Gasteiger partial charge < -0.3 is 0 Å². The van der Waals surface area contributed by atoms with Crippen molar-refractivity contribution in [2.75, 3.05) is 0 Å². The molecule has 0 radical (unpaired) electrons. The zero-order valence-electron chi connectivity index (χ0n) is 13.5. The van der Waals surface area contributed by atoms with Crippen LogP contribution in [0, 0.1) is 0 Å². The van der Waals surface area contributed by atoms with E-state index in [1.54, 1.807) is 0 Å². The molecular formula is C22H20S2. The van der Waals surface area contributed by atoms with E-state index in [2.05, 4.69) is 97.1 Å². The van der Waals surface area contributed by atoms with Crippen molar-refractivity contribution in [1.82, 2.24) is 0 Å². The van der Waals surface area contributed by atoms with Gasteiger partial charge in [0.15, 0.2) is 0 Å². The second-order valence-electron chi connectivity index (χ2n) is 5.38. The highest BCUT2D eigenvalue weighted by Gasteiger charge is 2.04. The van der Waals surface area contributed by atoms with Gasteiger partial charge in [0.25, 0.3) is 0 Å². The molecule has 120 valence electrons. The minimum absolute atomic E-state index is 1.05. The number of hydrogen-bond acceptors (Lipinski definition) is 2. The molecule has 2 heteroatoms. The fraction of sp³-hybridized carbons (Fsp3) is 0.0909. The molecule has 0 aliphatic heterocycles. The van der Waals surface area contributed by atoms with E-state index >= 15 is 0 Å². The average molecular weight is 349 g/mol. The third kappa shape index (κ3) is 5.63. The largest absolute Gasteiger partial charge is 0.0831 e. The van der Waals surface area contributed by atoms with Crippen LogP contribution in [0.3, 0.4) is 0 Å². The normalized spacial score (nSPS) is 10.3. The smallest absolute Gasteiger partial charge is 0.0459 e. The van der Waals surface area contributed by atoms with E-state index in [4.69, 9.17) is 0 Å². The van der Waals surface area contributed by atoms with E-state index in [1.165, 1.54) is 19.6 Å². The third-order valence-corrected chi connectivity index (χ3v) is 5.76. The minimum atomic E-state index is 1.05. The Labute approximate surface area is 153 Å². The molecule has 0 atom stereocenters. The fourth-order valence-corrected chi connectivity index (χ4v) is 4.51. The number of allylic oxidation sites excluding steroid dienone is 1. The van der Waals surface area contributed by atoms with E-state index in [0.29, 0.717) is 0 Å². The third-order valence-electron chi connectivity index (χ3n) is 3.51. The Morgan fingerprint density at radius 3 is 1.58 bits per heavy atom. The summed E-state index contributed by atoms with van der Waals surface area (Å²) < 4.78 is 1.34. The quantitative estimate of drug-likeness (QED) is 0.420. The van der Waals surface area contributed by atoms with Crippen molar-refractivity contribution in [3.63, 3.8) is 0 Å². The molecule has 0 nitrogen and oxygen atoms in total. The van der Waals surface area contributed by atoms with Crippen LogP contribution < -0.4 is 0 Å². The van der Waals surface area contributed by atoms with Crippen LogP contribution in [0.25, 0.3) is 0 Å². The van der Waals surface area contributed by atoms with E-state index < -0.39 is 0 Å². The van der Waals surface area contributed by atoms with Crippen LogP contribution in [-0.2, 0) is 6.42 Å². The Morgan fingerprint density at radius 1 is 0.625 bits per heavy atom. The maximum absolute atomic E-state index is 2.36. The summed E-state index contributed by atoms with van der Waals surface area (Å²) in [5.74, 6) is 0. The van der Waals surface area contributed by atoms with Crippen LogP contribution >= 0.6 is 23.5 Å². The van der Waals surface area contributed by atoms with Crippen molar-refractivity contribution in [2.24, 2.45) is 0 Å². The van der Waals surface area contributed by atoms with Gasteiger partial charge in [-0.1, -0.05) is 96.3 Å². The van der Waals surface area contributed by atoms with E-state index in [-0.39, 0.29) is 0 Å². The van der Waals surface area contributed by atoms with E-state index in [9.17, 15) is 0 Å². The van der Waals surface area contributed by atoms with Crippen molar-refractivity contribution in [3.8, 4) is 0 Å². The van der Waals surface area contributed by atoms with Crippen LogP contribution in [0.5, 0.6) is 0 Å². The molecule has 0 aromatic heterocycles. The molecular weight excluding hydrogens is 328 g/mol. The minimum Gasteiger partial charge on any atom is -0.0831 e. The maximum atomic E-state index is 2.36. The molecule has 0 fully saturated rings. The highest BCUT2D eigenvalue weighted by Crippen LogP contribution is 2.39. The summed E-state index contributed by atoms with van der Waals surface area (Å²) in [5.41, 5.74) is 1.39. The SMILES string of the molecule is C(CCc1ccccc1)=C(Sc1ccccc1)Sc1ccccc1. The standard InChI is InChI=1S/C22H20S2/c1-4-11-19(12-5-1)13-10-18-22(23-20-14-6-2-7-15-20)24-21-16-8-3-9-17-21/h1-9,11-12,14-18H,10,13H2. The van der Waals surface area contributed by atoms with E-state index in [0.717, 1.165) is 12.8 Å². The van der Waals surface area contributed by atoms with Gasteiger partial charge in [0.2, 0.25) is 0 Å². The van der Waals surface area contributed by atoms with Gasteiger partial charge in [0.1, 0.15) is 0 Å². The second-order valence-corrected chi connectivity index (χ2v) is 7.87. The lowest BCUT2D eigenvalue weighted by atomic mass is 10.1. The van der Waals surface area contributed by atoms with Gasteiger partial charge in [-0.3, -0.25) is 0 Å². The molecule has 0 amide bonds. The summed E-state index contributed by atoms with van der Waals surface area (Å²) in [6.45, 7) is 0. The number of thioether (sulfide) groups is 2.